The Bertz CT molecular complexity index is 2530. The van der Waals surface area contributed by atoms with Crippen molar-refractivity contribution in [3.63, 3.8) is 0 Å². The minimum Gasteiger partial charge on any atom is -0.497 e. The molecule has 7 rings (SSSR count). The molecular formula is C56H69N3O11. The molecule has 3 aliphatic rings. The van der Waals surface area contributed by atoms with Crippen LogP contribution in [0, 0.1) is 17.8 Å². The lowest BCUT2D eigenvalue weighted by atomic mass is 9.55. The molecule has 1 heterocycles. The number of aliphatic hydroxyl groups excluding tert-OH is 2. The fraction of sp³-hybridized carbons (Fsp3) is 0.446. The first kappa shape index (κ1) is 51.5. The molecule has 14 heteroatoms. The lowest BCUT2D eigenvalue weighted by Gasteiger charge is -2.60. The van der Waals surface area contributed by atoms with E-state index in [4.69, 9.17) is 38.4 Å². The van der Waals surface area contributed by atoms with E-state index in [9.17, 15) is 19.8 Å². The summed E-state index contributed by atoms with van der Waals surface area (Å²) in [5.74, 6) is -0.917. The number of benzene rings is 4. The van der Waals surface area contributed by atoms with Gasteiger partial charge in [-0.3, -0.25) is 10.2 Å². The Hall–Kier alpha value is -6.35. The maximum Gasteiger partial charge on any atom is 0.417 e. The Balaban J connectivity index is 1.44. The molecule has 4 aromatic carbocycles. The molecule has 3 N–H and O–H groups in total. The van der Waals surface area contributed by atoms with E-state index in [0.717, 1.165) is 46.7 Å². The molecule has 1 aliphatic heterocycles. The molecule has 1 fully saturated rings. The van der Waals surface area contributed by atoms with Gasteiger partial charge in [-0.25, -0.2) is 9.59 Å². The van der Waals surface area contributed by atoms with Gasteiger partial charge in [0.2, 0.25) is 5.79 Å². The predicted molar refractivity (Wildman–Crippen MR) is 271 cm³/mol. The lowest BCUT2D eigenvalue weighted by Crippen LogP contribution is -2.70. The average Bonchev–Trinajstić information content (AvgIpc) is 3.35. The molecule has 0 spiro atoms. The maximum absolute atomic E-state index is 15.0. The summed E-state index contributed by atoms with van der Waals surface area (Å²) in [4.78, 5) is 36.7. The maximum atomic E-state index is 15.0. The molecule has 6 unspecified atom stereocenters. The number of ether oxygens (including phenoxy) is 6. The Morgan fingerprint density at radius 1 is 0.914 bits per heavy atom. The summed E-state index contributed by atoms with van der Waals surface area (Å²) in [5, 5.41) is 29.9. The van der Waals surface area contributed by atoms with E-state index < -0.39 is 35.5 Å². The van der Waals surface area contributed by atoms with Crippen molar-refractivity contribution in [3.05, 3.63) is 127 Å². The van der Waals surface area contributed by atoms with Gasteiger partial charge < -0.3 is 43.5 Å². The number of aliphatic hydroxyl groups is 2. The van der Waals surface area contributed by atoms with Crippen LogP contribution in [-0.2, 0) is 20.9 Å². The highest BCUT2D eigenvalue weighted by Gasteiger charge is 2.66. The fourth-order valence-corrected chi connectivity index (χ4v) is 10.3. The third-order valence-electron chi connectivity index (χ3n) is 13.3. The summed E-state index contributed by atoms with van der Waals surface area (Å²) in [5.41, 5.74) is 2.93. The summed E-state index contributed by atoms with van der Waals surface area (Å²) in [6, 6.07) is 23.7. The van der Waals surface area contributed by atoms with Crippen LogP contribution in [0.2, 0.25) is 0 Å². The molecule has 4 aromatic rings. The molecule has 6 atom stereocenters. The third kappa shape index (κ3) is 11.6. The van der Waals surface area contributed by atoms with Gasteiger partial charge in [0.1, 0.15) is 34.6 Å². The zero-order valence-corrected chi connectivity index (χ0v) is 41.2. The van der Waals surface area contributed by atoms with Crippen molar-refractivity contribution in [1.29, 1.82) is 0 Å². The standard InChI is InChI=1S/C56H69N3O11/c1-8-10-31-66-54(63)59(36-39-21-17-20-37-18-11-12-22-42(37)39)50-35-47(58-70-55(3,4)5)44-32-38(19-13-15-28-60)43(23-14-16-29-61)51-45-33-41(25-27-48(45)69-56(50,52(44)51)67-30-9-2)68-53(62)57-46-26-24-40(64-6)34-49(46)65-7/h8-9,11-12,17-18,20-22,24-27,32-34,38,43,50-52,60-61H,1-2,10,13-16,19,23,28-31,35-36H2,3-7H3,(H,57,62). The Morgan fingerprint density at radius 2 is 1.67 bits per heavy atom. The molecule has 14 nitrogen and oxygen atoms in total. The van der Waals surface area contributed by atoms with Crippen LogP contribution in [0.25, 0.3) is 10.8 Å². The number of anilines is 1. The minimum atomic E-state index is -1.56. The number of nitrogens with zero attached hydrogens (tertiary/aromatic N) is 2. The van der Waals surface area contributed by atoms with Crippen molar-refractivity contribution in [3.8, 4) is 23.0 Å². The summed E-state index contributed by atoms with van der Waals surface area (Å²) in [6.07, 6.45) is 9.20. The van der Waals surface area contributed by atoms with E-state index in [2.05, 4.69) is 24.6 Å². The Morgan fingerprint density at radius 3 is 2.40 bits per heavy atom. The molecule has 374 valence electrons. The van der Waals surface area contributed by atoms with Crippen LogP contribution in [0.15, 0.2) is 121 Å². The van der Waals surface area contributed by atoms with Crippen LogP contribution in [0.5, 0.6) is 23.0 Å². The molecule has 0 bridgehead atoms. The highest BCUT2D eigenvalue weighted by molar-refractivity contribution is 6.03. The highest BCUT2D eigenvalue weighted by Crippen LogP contribution is 2.62. The van der Waals surface area contributed by atoms with Crippen LogP contribution in [0.4, 0.5) is 15.3 Å². The fourth-order valence-electron chi connectivity index (χ4n) is 10.3. The number of methoxy groups -OCH3 is 2. The smallest absolute Gasteiger partial charge is 0.417 e. The van der Waals surface area contributed by atoms with E-state index in [1.165, 1.54) is 7.11 Å². The van der Waals surface area contributed by atoms with E-state index in [1.54, 1.807) is 54.5 Å². The van der Waals surface area contributed by atoms with Crippen LogP contribution < -0.4 is 24.3 Å². The molecule has 1 saturated carbocycles. The van der Waals surface area contributed by atoms with Crippen LogP contribution in [-0.4, -0.2) is 91.1 Å². The van der Waals surface area contributed by atoms with E-state index in [-0.39, 0.29) is 62.9 Å². The number of nitrogens with one attached hydrogen (secondary N) is 1. The van der Waals surface area contributed by atoms with Crippen LogP contribution >= 0.6 is 0 Å². The number of rotatable bonds is 22. The van der Waals surface area contributed by atoms with Gasteiger partial charge in [-0.2, -0.15) is 0 Å². The number of unbranched alkanes of at least 4 members (excludes halogenated alkanes) is 2. The second kappa shape index (κ2) is 23.5. The normalized spacial score (nSPS) is 21.8. The average molecular weight is 960 g/mol. The molecule has 2 aliphatic carbocycles. The number of carbonyl (C=O) groups excluding carboxylic acids is 2. The Kier molecular flexibility index (Phi) is 17.3. The summed E-state index contributed by atoms with van der Waals surface area (Å²) in [6.45, 7) is 14.2. The van der Waals surface area contributed by atoms with Crippen molar-refractivity contribution >= 4 is 34.4 Å². The number of hydrogen-bond donors (Lipinski definition) is 3. The first-order valence-electron chi connectivity index (χ1n) is 24.4. The van der Waals surface area contributed by atoms with Crippen molar-refractivity contribution in [2.75, 3.05) is 46.0 Å². The van der Waals surface area contributed by atoms with Gasteiger partial charge in [-0.15, -0.1) is 13.2 Å². The topological polar surface area (TPSA) is 167 Å². The number of hydrogen-bond acceptors (Lipinski definition) is 12. The molecule has 0 aromatic heterocycles. The van der Waals surface area contributed by atoms with Gasteiger partial charge >= 0.3 is 12.2 Å². The zero-order valence-electron chi connectivity index (χ0n) is 41.2. The van der Waals surface area contributed by atoms with Gasteiger partial charge in [-0.1, -0.05) is 78.7 Å². The van der Waals surface area contributed by atoms with E-state index >= 15 is 0 Å². The van der Waals surface area contributed by atoms with E-state index in [1.807, 2.05) is 69.3 Å². The largest absolute Gasteiger partial charge is 0.497 e. The van der Waals surface area contributed by atoms with Crippen molar-refractivity contribution in [2.24, 2.45) is 22.9 Å². The molecule has 2 amide bonds. The quantitative estimate of drug-likeness (QED) is 0.0390. The van der Waals surface area contributed by atoms with Gasteiger partial charge in [0, 0.05) is 37.2 Å². The molecular weight excluding hydrogens is 891 g/mol. The summed E-state index contributed by atoms with van der Waals surface area (Å²) in [7, 11) is 3.05. The molecule has 0 radical (unpaired) electrons. The zero-order chi connectivity index (χ0) is 49.8. The van der Waals surface area contributed by atoms with E-state index in [0.29, 0.717) is 54.3 Å². The monoisotopic (exact) mass is 959 g/mol. The SMILES string of the molecule is C=CCCOC(=O)N(Cc1cccc2ccccc12)C1CC(=NOC(C)(C)C)C2=CC(CCCCO)C(CCCCO)C3c4cc(OC(=O)Nc5ccc(OC)cc5OC)ccc4OC1(OCC=C)C23. The summed E-state index contributed by atoms with van der Waals surface area (Å²) < 4.78 is 37.6. The number of fused-ring (bicyclic) bond motifs is 3. The van der Waals surface area contributed by atoms with Gasteiger partial charge in [-0.05, 0) is 117 Å². The van der Waals surface area contributed by atoms with Crippen molar-refractivity contribution in [2.45, 2.75) is 102 Å². The molecule has 0 saturated heterocycles. The number of amides is 2. The number of allylic oxidation sites excluding steroid dienone is 1. The third-order valence-corrected chi connectivity index (χ3v) is 13.3. The van der Waals surface area contributed by atoms with Crippen LogP contribution in [0.3, 0.4) is 0 Å². The first-order chi connectivity index (χ1) is 33.9. The van der Waals surface area contributed by atoms with Crippen LogP contribution in [0.1, 0.15) is 89.2 Å². The molecule has 70 heavy (non-hydrogen) atoms. The number of oxime groups is 1. The predicted octanol–water partition coefficient (Wildman–Crippen LogP) is 11.1. The highest BCUT2D eigenvalue weighted by atomic mass is 16.7. The summed E-state index contributed by atoms with van der Waals surface area (Å²) >= 11 is 0. The van der Waals surface area contributed by atoms with Crippen molar-refractivity contribution < 1.29 is 53.1 Å². The first-order valence-corrected chi connectivity index (χ1v) is 24.4. The second-order valence-electron chi connectivity index (χ2n) is 19.0. The van der Waals surface area contributed by atoms with Crippen molar-refractivity contribution in [1.82, 2.24) is 4.90 Å². The Labute approximate surface area is 411 Å². The van der Waals surface area contributed by atoms with Gasteiger partial charge in [0.25, 0.3) is 0 Å². The van der Waals surface area contributed by atoms with Gasteiger partial charge in [0.15, 0.2) is 0 Å². The second-order valence-corrected chi connectivity index (χ2v) is 19.0. The minimum absolute atomic E-state index is 0.0213. The number of carbonyl (C=O) groups is 2. The lowest BCUT2D eigenvalue weighted by molar-refractivity contribution is -0.256. The van der Waals surface area contributed by atoms with Gasteiger partial charge in [0.05, 0.1) is 51.3 Å².